The molecule has 9 heteroatoms. The first kappa shape index (κ1) is 25.6. The molecule has 5 aromatic rings. The number of carbonyl (C=O) groups excluding carboxylic acids is 2. The van der Waals surface area contributed by atoms with Gasteiger partial charge in [-0.25, -0.2) is 9.78 Å². The zero-order valence-electron chi connectivity index (χ0n) is 22.1. The monoisotopic (exact) mass is 536 g/mol. The lowest BCUT2D eigenvalue weighted by atomic mass is 10.0. The predicted molar refractivity (Wildman–Crippen MR) is 150 cm³/mol. The summed E-state index contributed by atoms with van der Waals surface area (Å²) in [5, 5.41) is 2.21. The van der Waals surface area contributed by atoms with Crippen LogP contribution >= 0.6 is 0 Å². The van der Waals surface area contributed by atoms with E-state index in [9.17, 15) is 14.4 Å². The van der Waals surface area contributed by atoms with Gasteiger partial charge < -0.3 is 14.0 Å². The number of nitrogens with zero attached hydrogens (tertiary/aromatic N) is 4. The van der Waals surface area contributed by atoms with Crippen LogP contribution in [0.25, 0.3) is 27.5 Å². The van der Waals surface area contributed by atoms with Gasteiger partial charge in [-0.1, -0.05) is 48.5 Å². The third-order valence-electron chi connectivity index (χ3n) is 7.15. The standard InChI is InChI=1S/C31H28N4O5/c1-2-39-31(38)25-18-24-28(32-26-14-5-6-15-34(26)30(24)37)35(19-22-12-8-16-40-22)29(25)33-27(36)17-21-11-7-10-20-9-3-4-13-23(20)21/h3-7,9-11,13-15,18,22H,2,8,12,16-17,19H2,1H3/t22-/m1/s1. The van der Waals surface area contributed by atoms with Crippen molar-refractivity contribution in [3.8, 4) is 0 Å². The van der Waals surface area contributed by atoms with E-state index < -0.39 is 11.9 Å². The van der Waals surface area contributed by atoms with Crippen molar-refractivity contribution in [3.63, 3.8) is 0 Å². The molecule has 1 amide bonds. The Kier molecular flexibility index (Phi) is 6.96. The summed E-state index contributed by atoms with van der Waals surface area (Å²) in [5.74, 6) is -1.10. The Morgan fingerprint density at radius 2 is 1.90 bits per heavy atom. The zero-order chi connectivity index (χ0) is 27.6. The molecule has 6 rings (SSSR count). The molecule has 0 N–H and O–H groups in total. The molecule has 2 aromatic carbocycles. The Morgan fingerprint density at radius 1 is 1.07 bits per heavy atom. The number of rotatable bonds is 6. The van der Waals surface area contributed by atoms with Crippen molar-refractivity contribution in [1.29, 1.82) is 0 Å². The van der Waals surface area contributed by atoms with Gasteiger partial charge in [-0.3, -0.25) is 14.0 Å². The molecule has 1 saturated heterocycles. The van der Waals surface area contributed by atoms with Crippen LogP contribution in [0.15, 0.2) is 82.7 Å². The molecule has 0 saturated carbocycles. The Bertz CT molecular complexity index is 1890. The van der Waals surface area contributed by atoms with E-state index in [1.165, 1.54) is 10.5 Å². The van der Waals surface area contributed by atoms with Crippen LogP contribution in [0.1, 0.15) is 35.7 Å². The Labute approximate surface area is 229 Å². The van der Waals surface area contributed by atoms with E-state index in [0.717, 1.165) is 29.2 Å². The molecule has 0 spiro atoms. The second-order valence-corrected chi connectivity index (χ2v) is 9.75. The maximum absolute atomic E-state index is 13.5. The summed E-state index contributed by atoms with van der Waals surface area (Å²) in [4.78, 5) is 49.5. The summed E-state index contributed by atoms with van der Waals surface area (Å²) in [5.41, 5.74) is 1.42. The summed E-state index contributed by atoms with van der Waals surface area (Å²) < 4.78 is 14.3. The predicted octanol–water partition coefficient (Wildman–Crippen LogP) is 3.83. The maximum atomic E-state index is 13.5. The number of carbonyl (C=O) groups is 2. The number of benzene rings is 2. The Hall–Kier alpha value is -4.63. The largest absolute Gasteiger partial charge is 0.462 e. The van der Waals surface area contributed by atoms with E-state index in [1.54, 1.807) is 35.9 Å². The van der Waals surface area contributed by atoms with Crippen molar-refractivity contribution < 1.29 is 19.1 Å². The second-order valence-electron chi connectivity index (χ2n) is 9.75. The lowest BCUT2D eigenvalue weighted by Gasteiger charge is -2.18. The number of fused-ring (bicyclic) bond motifs is 3. The minimum absolute atomic E-state index is 0.0356. The lowest BCUT2D eigenvalue weighted by Crippen LogP contribution is -2.35. The van der Waals surface area contributed by atoms with Crippen LogP contribution in [0.4, 0.5) is 0 Å². The highest BCUT2D eigenvalue weighted by molar-refractivity contribution is 5.94. The average molecular weight is 537 g/mol. The van der Waals surface area contributed by atoms with Gasteiger partial charge in [0.25, 0.3) is 11.5 Å². The summed E-state index contributed by atoms with van der Waals surface area (Å²) in [6.45, 7) is 2.72. The van der Waals surface area contributed by atoms with Crippen molar-refractivity contribution in [2.45, 2.75) is 38.8 Å². The SMILES string of the molecule is CCOC(=O)c1cc2c(=O)n3ccccc3nc2n(C[C@H]2CCCO2)c1=NC(=O)Cc1cccc2ccccc12. The number of pyridine rings is 2. The van der Waals surface area contributed by atoms with E-state index >= 15 is 0 Å². The van der Waals surface area contributed by atoms with Gasteiger partial charge in [-0.05, 0) is 54.3 Å². The van der Waals surface area contributed by atoms with Crippen molar-refractivity contribution in [2.75, 3.05) is 13.2 Å². The fraction of sp³-hybridized carbons (Fsp3) is 0.258. The van der Waals surface area contributed by atoms with Crippen LogP contribution in [0, 0.1) is 0 Å². The Morgan fingerprint density at radius 3 is 2.73 bits per heavy atom. The molecule has 4 heterocycles. The van der Waals surface area contributed by atoms with Crippen molar-refractivity contribution in [2.24, 2.45) is 4.99 Å². The molecule has 1 atom stereocenters. The molecular weight excluding hydrogens is 508 g/mol. The Balaban J connectivity index is 1.59. The van der Waals surface area contributed by atoms with Gasteiger partial charge in [0.15, 0.2) is 5.49 Å². The van der Waals surface area contributed by atoms with Gasteiger partial charge in [0, 0.05) is 12.8 Å². The topological polar surface area (TPSA) is 104 Å². The molecule has 1 aliphatic heterocycles. The molecule has 0 bridgehead atoms. The molecule has 9 nitrogen and oxygen atoms in total. The third kappa shape index (κ3) is 4.80. The van der Waals surface area contributed by atoms with Crippen molar-refractivity contribution in [3.05, 3.63) is 99.9 Å². The number of ether oxygens (including phenoxy) is 2. The molecule has 202 valence electrons. The van der Waals surface area contributed by atoms with E-state index in [2.05, 4.69) is 4.99 Å². The molecule has 0 aliphatic carbocycles. The highest BCUT2D eigenvalue weighted by atomic mass is 16.5. The first-order valence-corrected chi connectivity index (χ1v) is 13.4. The number of esters is 1. The van der Waals surface area contributed by atoms with Crippen LogP contribution in [0.5, 0.6) is 0 Å². The number of hydrogen-bond acceptors (Lipinski definition) is 6. The summed E-state index contributed by atoms with van der Waals surface area (Å²) in [7, 11) is 0. The normalized spacial score (nSPS) is 15.7. The van der Waals surface area contributed by atoms with Crippen LogP contribution in [-0.4, -0.2) is 45.1 Å². The van der Waals surface area contributed by atoms with E-state index in [0.29, 0.717) is 17.9 Å². The summed E-state index contributed by atoms with van der Waals surface area (Å²) in [6.07, 6.45) is 3.18. The molecule has 40 heavy (non-hydrogen) atoms. The maximum Gasteiger partial charge on any atom is 0.341 e. The van der Waals surface area contributed by atoms with Crippen LogP contribution in [0.3, 0.4) is 0 Å². The molecule has 1 fully saturated rings. The zero-order valence-corrected chi connectivity index (χ0v) is 22.1. The summed E-state index contributed by atoms with van der Waals surface area (Å²) in [6, 6.07) is 20.4. The van der Waals surface area contributed by atoms with Crippen LogP contribution in [-0.2, 0) is 27.2 Å². The van der Waals surface area contributed by atoms with E-state index in [4.69, 9.17) is 14.5 Å². The number of aromatic nitrogens is 3. The molecule has 0 radical (unpaired) electrons. The minimum Gasteiger partial charge on any atom is -0.462 e. The number of amides is 1. The average Bonchev–Trinajstić information content (AvgIpc) is 3.48. The molecular formula is C31H28N4O5. The van der Waals surface area contributed by atoms with Gasteiger partial charge in [0.1, 0.15) is 16.9 Å². The van der Waals surface area contributed by atoms with E-state index in [1.807, 2.05) is 42.5 Å². The smallest absolute Gasteiger partial charge is 0.341 e. The lowest BCUT2D eigenvalue weighted by molar-refractivity contribution is -0.117. The van der Waals surface area contributed by atoms with E-state index in [-0.39, 0.29) is 47.7 Å². The minimum atomic E-state index is -0.667. The van der Waals surface area contributed by atoms with Crippen LogP contribution in [0.2, 0.25) is 0 Å². The quantitative estimate of drug-likeness (QED) is 0.241. The number of hydrogen-bond donors (Lipinski definition) is 0. The fourth-order valence-corrected chi connectivity index (χ4v) is 5.29. The second kappa shape index (κ2) is 10.9. The highest BCUT2D eigenvalue weighted by Gasteiger charge is 2.24. The summed E-state index contributed by atoms with van der Waals surface area (Å²) >= 11 is 0. The van der Waals surface area contributed by atoms with Gasteiger partial charge >= 0.3 is 5.97 Å². The van der Waals surface area contributed by atoms with Crippen molar-refractivity contribution >= 4 is 39.3 Å². The van der Waals surface area contributed by atoms with Gasteiger partial charge in [-0.2, -0.15) is 4.99 Å². The molecule has 1 aliphatic rings. The first-order chi connectivity index (χ1) is 19.5. The molecule has 0 unspecified atom stereocenters. The van der Waals surface area contributed by atoms with Gasteiger partial charge in [-0.15, -0.1) is 0 Å². The van der Waals surface area contributed by atoms with Gasteiger partial charge in [0.05, 0.1) is 31.1 Å². The fourth-order valence-electron chi connectivity index (χ4n) is 5.29. The highest BCUT2D eigenvalue weighted by Crippen LogP contribution is 2.20. The van der Waals surface area contributed by atoms with Crippen molar-refractivity contribution in [1.82, 2.24) is 14.0 Å². The van der Waals surface area contributed by atoms with Gasteiger partial charge in [0.2, 0.25) is 0 Å². The van der Waals surface area contributed by atoms with Crippen LogP contribution < -0.4 is 11.0 Å². The molecule has 3 aromatic heterocycles. The first-order valence-electron chi connectivity index (χ1n) is 13.4. The third-order valence-corrected chi connectivity index (χ3v) is 7.15.